The maximum absolute atomic E-state index is 13.9. The third-order valence-electron chi connectivity index (χ3n) is 6.37. The van der Waals surface area contributed by atoms with Crippen LogP contribution in [-0.2, 0) is 6.54 Å². The number of rotatable bonds is 10. The topological polar surface area (TPSA) is 108 Å². The first-order valence-corrected chi connectivity index (χ1v) is 12.5. The monoisotopic (exact) mass is 502 g/mol. The molecule has 194 valence electrons. The summed E-state index contributed by atoms with van der Waals surface area (Å²) in [5, 5.41) is 4.27. The number of hydrogen-bond donors (Lipinski definition) is 1. The van der Waals surface area contributed by atoms with Crippen LogP contribution in [0.5, 0.6) is 5.88 Å². The van der Waals surface area contributed by atoms with Crippen molar-refractivity contribution in [2.75, 3.05) is 20.2 Å². The van der Waals surface area contributed by atoms with Crippen molar-refractivity contribution < 1.29 is 9.53 Å². The van der Waals surface area contributed by atoms with Gasteiger partial charge in [-0.2, -0.15) is 4.52 Å². The summed E-state index contributed by atoms with van der Waals surface area (Å²) in [6, 6.07) is 18.4. The number of amides is 1. The molecular weight excluding hydrogens is 468 g/mol. The summed E-state index contributed by atoms with van der Waals surface area (Å²) >= 11 is 0. The van der Waals surface area contributed by atoms with Crippen molar-refractivity contribution in [2.24, 2.45) is 11.7 Å². The highest BCUT2D eigenvalue weighted by Crippen LogP contribution is 2.30. The van der Waals surface area contributed by atoms with E-state index in [2.05, 4.69) is 5.10 Å². The fourth-order valence-corrected chi connectivity index (χ4v) is 4.49. The molecule has 4 rings (SSSR count). The minimum Gasteiger partial charge on any atom is -0.480 e. The maximum Gasteiger partial charge on any atom is 0.352 e. The minimum absolute atomic E-state index is 0.0478. The Labute approximate surface area is 216 Å². The highest BCUT2D eigenvalue weighted by Gasteiger charge is 2.33. The van der Waals surface area contributed by atoms with Crippen LogP contribution in [0.25, 0.3) is 5.65 Å². The van der Waals surface area contributed by atoms with Crippen molar-refractivity contribution in [3.8, 4) is 5.88 Å². The molecule has 0 aliphatic carbocycles. The molecule has 0 aliphatic rings. The largest absolute Gasteiger partial charge is 0.480 e. The van der Waals surface area contributed by atoms with Crippen LogP contribution in [0.15, 0.2) is 65.5 Å². The van der Waals surface area contributed by atoms with Gasteiger partial charge in [0.25, 0.3) is 5.91 Å². The lowest BCUT2D eigenvalue weighted by Gasteiger charge is -2.35. The Morgan fingerprint density at radius 2 is 1.81 bits per heavy atom. The SMILES string of the molecule is COc1cc2nc(C(C(C)C)N(CCCN)C(=O)c3ccc(C)cc3)n(Cc3ccccc3)c(=O)n2n1. The predicted octanol–water partition coefficient (Wildman–Crippen LogP) is 3.44. The maximum atomic E-state index is 13.9. The molecule has 9 heteroatoms. The molecule has 2 aromatic heterocycles. The van der Waals surface area contributed by atoms with Crippen molar-refractivity contribution in [1.29, 1.82) is 0 Å². The summed E-state index contributed by atoms with van der Waals surface area (Å²) in [7, 11) is 1.50. The van der Waals surface area contributed by atoms with Gasteiger partial charge < -0.3 is 15.4 Å². The molecule has 2 N–H and O–H groups in total. The van der Waals surface area contributed by atoms with Gasteiger partial charge in [0, 0.05) is 18.2 Å². The molecule has 9 nitrogen and oxygen atoms in total. The third-order valence-corrected chi connectivity index (χ3v) is 6.37. The Morgan fingerprint density at radius 1 is 1.11 bits per heavy atom. The molecule has 2 aromatic carbocycles. The molecule has 0 spiro atoms. The van der Waals surface area contributed by atoms with Crippen LogP contribution in [0.2, 0.25) is 0 Å². The Balaban J connectivity index is 1.91. The molecule has 0 aliphatic heterocycles. The summed E-state index contributed by atoms with van der Waals surface area (Å²) in [4.78, 5) is 34.4. The van der Waals surface area contributed by atoms with E-state index in [-0.39, 0.29) is 24.1 Å². The van der Waals surface area contributed by atoms with Crippen molar-refractivity contribution in [1.82, 2.24) is 24.1 Å². The molecule has 1 atom stereocenters. The van der Waals surface area contributed by atoms with E-state index in [1.165, 1.54) is 11.6 Å². The van der Waals surface area contributed by atoms with Crippen LogP contribution in [0.4, 0.5) is 0 Å². The Morgan fingerprint density at radius 3 is 2.43 bits per heavy atom. The minimum atomic E-state index is -0.484. The molecule has 4 aromatic rings. The van der Waals surface area contributed by atoms with Crippen molar-refractivity contribution in [3.05, 3.63) is 93.7 Å². The second kappa shape index (κ2) is 11.4. The van der Waals surface area contributed by atoms with Crippen LogP contribution in [0.3, 0.4) is 0 Å². The summed E-state index contributed by atoms with van der Waals surface area (Å²) in [6.45, 7) is 7.20. The van der Waals surface area contributed by atoms with Crippen LogP contribution in [-0.4, -0.2) is 50.2 Å². The summed E-state index contributed by atoms with van der Waals surface area (Å²) in [5.74, 6) is 0.619. The number of aryl methyl sites for hydroxylation is 1. The van der Waals surface area contributed by atoms with Gasteiger partial charge in [0.15, 0.2) is 5.65 Å². The van der Waals surface area contributed by atoms with E-state index in [1.807, 2.05) is 75.4 Å². The number of nitrogens with two attached hydrogens (primary N) is 1. The first-order chi connectivity index (χ1) is 17.8. The normalized spacial score (nSPS) is 12.2. The smallest absolute Gasteiger partial charge is 0.352 e. The zero-order valence-corrected chi connectivity index (χ0v) is 21.8. The Kier molecular flexibility index (Phi) is 8.03. The van der Waals surface area contributed by atoms with Gasteiger partial charge in [-0.15, -0.1) is 5.10 Å². The molecule has 0 saturated carbocycles. The van der Waals surface area contributed by atoms with E-state index in [9.17, 15) is 9.59 Å². The molecule has 0 radical (unpaired) electrons. The molecule has 37 heavy (non-hydrogen) atoms. The van der Waals surface area contributed by atoms with Crippen LogP contribution in [0.1, 0.15) is 53.6 Å². The van der Waals surface area contributed by atoms with Crippen LogP contribution >= 0.6 is 0 Å². The van der Waals surface area contributed by atoms with E-state index in [4.69, 9.17) is 15.5 Å². The van der Waals surface area contributed by atoms with Crippen molar-refractivity contribution in [2.45, 2.75) is 39.8 Å². The van der Waals surface area contributed by atoms with E-state index in [0.717, 1.165) is 11.1 Å². The number of benzene rings is 2. The van der Waals surface area contributed by atoms with Gasteiger partial charge in [-0.3, -0.25) is 9.36 Å². The van der Waals surface area contributed by atoms with Gasteiger partial charge >= 0.3 is 5.69 Å². The van der Waals surface area contributed by atoms with E-state index in [1.54, 1.807) is 15.5 Å². The quantitative estimate of drug-likeness (QED) is 0.356. The lowest BCUT2D eigenvalue weighted by atomic mass is 9.99. The van der Waals surface area contributed by atoms with E-state index < -0.39 is 6.04 Å². The number of ether oxygens (including phenoxy) is 1. The summed E-state index contributed by atoms with van der Waals surface area (Å²) < 4.78 is 8.12. The number of carbonyl (C=O) groups is 1. The third kappa shape index (κ3) is 5.56. The predicted molar refractivity (Wildman–Crippen MR) is 143 cm³/mol. The lowest BCUT2D eigenvalue weighted by Crippen LogP contribution is -2.43. The standard InChI is InChI=1S/C28H34N6O3/c1-19(2)25(32(16-8-15-29)27(35)22-13-11-20(3)12-14-22)26-30-23-17-24(37-4)31-34(23)28(36)33(26)18-21-9-6-5-7-10-21/h5-7,9-14,17,19,25H,8,15-16,18,29H2,1-4H3. The van der Waals surface area contributed by atoms with E-state index in [0.29, 0.717) is 42.4 Å². The highest BCUT2D eigenvalue weighted by molar-refractivity contribution is 5.94. The van der Waals surface area contributed by atoms with Gasteiger partial charge in [0.1, 0.15) is 5.82 Å². The molecule has 2 heterocycles. The van der Waals surface area contributed by atoms with Gasteiger partial charge in [-0.1, -0.05) is 61.9 Å². The van der Waals surface area contributed by atoms with Gasteiger partial charge in [0.2, 0.25) is 5.88 Å². The number of fused-ring (bicyclic) bond motifs is 1. The average molecular weight is 503 g/mol. The number of aromatic nitrogens is 4. The Bertz CT molecular complexity index is 1410. The number of nitrogens with zero attached hydrogens (tertiary/aromatic N) is 5. The Hall–Kier alpha value is -3.98. The molecular formula is C28H34N6O3. The molecule has 0 fully saturated rings. The molecule has 1 amide bonds. The number of hydrogen-bond acceptors (Lipinski definition) is 6. The van der Waals surface area contributed by atoms with Gasteiger partial charge in [-0.05, 0) is 43.5 Å². The van der Waals surface area contributed by atoms with Crippen LogP contribution < -0.4 is 16.2 Å². The lowest BCUT2D eigenvalue weighted by molar-refractivity contribution is 0.0601. The van der Waals surface area contributed by atoms with Crippen molar-refractivity contribution >= 4 is 11.6 Å². The molecule has 0 bridgehead atoms. The first-order valence-electron chi connectivity index (χ1n) is 12.5. The second-order valence-corrected chi connectivity index (χ2v) is 9.48. The number of carbonyl (C=O) groups excluding carboxylic acids is 1. The summed E-state index contributed by atoms with van der Waals surface area (Å²) in [5.41, 5.74) is 8.48. The number of methoxy groups -OCH3 is 1. The van der Waals surface area contributed by atoms with Crippen molar-refractivity contribution in [3.63, 3.8) is 0 Å². The van der Waals surface area contributed by atoms with E-state index >= 15 is 0 Å². The summed E-state index contributed by atoms with van der Waals surface area (Å²) in [6.07, 6.45) is 0.618. The first kappa shape index (κ1) is 26.1. The fourth-order valence-electron chi connectivity index (χ4n) is 4.49. The second-order valence-electron chi connectivity index (χ2n) is 9.48. The van der Waals surface area contributed by atoms with Gasteiger partial charge in [0.05, 0.1) is 19.7 Å². The molecule has 1 unspecified atom stereocenters. The average Bonchev–Trinajstić information content (AvgIpc) is 3.32. The van der Waals surface area contributed by atoms with Gasteiger partial charge in [-0.25, -0.2) is 9.78 Å². The highest BCUT2D eigenvalue weighted by atomic mass is 16.5. The zero-order chi connectivity index (χ0) is 26.5. The molecule has 0 saturated heterocycles. The van der Waals surface area contributed by atoms with Crippen LogP contribution in [0, 0.1) is 12.8 Å². The zero-order valence-electron chi connectivity index (χ0n) is 21.8. The fraction of sp³-hybridized carbons (Fsp3) is 0.357.